The molecule has 2 rings (SSSR count). The summed E-state index contributed by atoms with van der Waals surface area (Å²) in [5, 5.41) is 12.6. The molecule has 7 heteroatoms. The lowest BCUT2D eigenvalue weighted by Gasteiger charge is -1.99. The summed E-state index contributed by atoms with van der Waals surface area (Å²) in [6.45, 7) is 0. The van der Waals surface area contributed by atoms with Gasteiger partial charge in [0.05, 0.1) is 6.20 Å². The number of anilines is 1. The van der Waals surface area contributed by atoms with E-state index in [9.17, 15) is 0 Å². The molecule has 2 aromatic heterocycles. The summed E-state index contributed by atoms with van der Waals surface area (Å²) in [6.07, 6.45) is 2.72. The first kappa shape index (κ1) is 7.45. The van der Waals surface area contributed by atoms with Crippen molar-refractivity contribution in [1.82, 2.24) is 19.6 Å². The SMILES string of the molecule is N#Cc1cnn2c(NN)ncnc12. The first-order valence-electron chi connectivity index (χ1n) is 3.42. The molecular weight excluding hydrogens is 170 g/mol. The Kier molecular flexibility index (Phi) is 1.54. The van der Waals surface area contributed by atoms with Crippen molar-refractivity contribution in [2.75, 3.05) is 5.43 Å². The minimum atomic E-state index is 0.339. The molecule has 0 saturated heterocycles. The number of nitriles is 1. The van der Waals surface area contributed by atoms with Gasteiger partial charge in [-0.3, -0.25) is 5.43 Å². The molecule has 0 bridgehead atoms. The van der Waals surface area contributed by atoms with E-state index in [2.05, 4.69) is 20.5 Å². The fourth-order valence-corrected chi connectivity index (χ4v) is 0.991. The van der Waals surface area contributed by atoms with E-state index in [-0.39, 0.29) is 0 Å². The van der Waals surface area contributed by atoms with Gasteiger partial charge in [-0.1, -0.05) is 0 Å². The van der Waals surface area contributed by atoms with Gasteiger partial charge in [0.2, 0.25) is 5.95 Å². The first-order chi connectivity index (χ1) is 6.36. The highest BCUT2D eigenvalue weighted by Crippen LogP contribution is 2.08. The van der Waals surface area contributed by atoms with Crippen molar-refractivity contribution in [3.8, 4) is 6.07 Å². The lowest BCUT2D eigenvalue weighted by Crippen LogP contribution is -2.13. The van der Waals surface area contributed by atoms with Crippen molar-refractivity contribution in [2.45, 2.75) is 0 Å². The second-order valence-electron chi connectivity index (χ2n) is 2.25. The van der Waals surface area contributed by atoms with E-state index in [1.54, 1.807) is 0 Å². The summed E-state index contributed by atoms with van der Waals surface area (Å²) in [4.78, 5) is 7.71. The zero-order chi connectivity index (χ0) is 9.26. The molecule has 0 aliphatic heterocycles. The molecule has 0 radical (unpaired) electrons. The number of nitrogen functional groups attached to an aromatic ring is 1. The molecule has 0 aliphatic rings. The Morgan fingerprint density at radius 2 is 2.38 bits per heavy atom. The molecule has 0 amide bonds. The summed E-state index contributed by atoms with van der Waals surface area (Å²) < 4.78 is 1.36. The first-order valence-corrected chi connectivity index (χ1v) is 3.42. The van der Waals surface area contributed by atoms with E-state index in [1.807, 2.05) is 6.07 Å². The van der Waals surface area contributed by atoms with Crippen LogP contribution in [0.2, 0.25) is 0 Å². The van der Waals surface area contributed by atoms with Crippen molar-refractivity contribution in [1.29, 1.82) is 5.26 Å². The van der Waals surface area contributed by atoms with Crippen LogP contribution < -0.4 is 11.3 Å². The third kappa shape index (κ3) is 0.969. The summed E-state index contributed by atoms with van der Waals surface area (Å²) in [5.74, 6) is 5.52. The van der Waals surface area contributed by atoms with Gasteiger partial charge in [-0.15, -0.1) is 0 Å². The molecule has 7 nitrogen and oxygen atoms in total. The van der Waals surface area contributed by atoms with Crippen LogP contribution in [0.25, 0.3) is 5.65 Å². The average molecular weight is 175 g/mol. The highest BCUT2D eigenvalue weighted by Gasteiger charge is 2.07. The Hall–Kier alpha value is -2.20. The predicted octanol–water partition coefficient (Wildman–Crippen LogP) is -0.718. The fourth-order valence-electron chi connectivity index (χ4n) is 0.991. The zero-order valence-electron chi connectivity index (χ0n) is 6.47. The number of hydrogen-bond acceptors (Lipinski definition) is 6. The predicted molar refractivity (Wildman–Crippen MR) is 43.3 cm³/mol. The molecule has 0 saturated carbocycles. The lowest BCUT2D eigenvalue weighted by molar-refractivity contribution is 0.890. The Labute approximate surface area is 72.8 Å². The van der Waals surface area contributed by atoms with Gasteiger partial charge in [0, 0.05) is 0 Å². The molecule has 0 aliphatic carbocycles. The minimum Gasteiger partial charge on any atom is -0.292 e. The monoisotopic (exact) mass is 175 g/mol. The summed E-state index contributed by atoms with van der Waals surface area (Å²) in [5.41, 5.74) is 3.17. The molecule has 2 heterocycles. The highest BCUT2D eigenvalue weighted by atomic mass is 15.4. The van der Waals surface area contributed by atoms with E-state index < -0.39 is 0 Å². The van der Waals surface area contributed by atoms with E-state index in [1.165, 1.54) is 17.0 Å². The van der Waals surface area contributed by atoms with Crippen molar-refractivity contribution in [3.63, 3.8) is 0 Å². The number of aromatic nitrogens is 4. The molecule has 64 valence electrons. The van der Waals surface area contributed by atoms with Crippen molar-refractivity contribution >= 4 is 11.6 Å². The highest BCUT2D eigenvalue weighted by molar-refractivity contribution is 5.55. The molecule has 0 aromatic carbocycles. The maximum atomic E-state index is 8.67. The van der Waals surface area contributed by atoms with E-state index in [0.29, 0.717) is 17.2 Å². The number of fused-ring (bicyclic) bond motifs is 1. The number of nitrogens with zero attached hydrogens (tertiary/aromatic N) is 5. The Morgan fingerprint density at radius 1 is 1.54 bits per heavy atom. The summed E-state index contributed by atoms with van der Waals surface area (Å²) in [6, 6.07) is 1.96. The molecule has 0 spiro atoms. The van der Waals surface area contributed by atoms with Gasteiger partial charge in [0.1, 0.15) is 18.0 Å². The maximum Gasteiger partial charge on any atom is 0.241 e. The quantitative estimate of drug-likeness (QED) is 0.437. The number of hydrogen-bond donors (Lipinski definition) is 2. The molecule has 13 heavy (non-hydrogen) atoms. The van der Waals surface area contributed by atoms with Crippen LogP contribution in [0.15, 0.2) is 12.5 Å². The van der Waals surface area contributed by atoms with Crippen LogP contribution in [0, 0.1) is 11.3 Å². The molecule has 0 unspecified atom stereocenters. The third-order valence-corrected chi connectivity index (χ3v) is 1.55. The van der Waals surface area contributed by atoms with Crippen LogP contribution in [0.5, 0.6) is 0 Å². The van der Waals surface area contributed by atoms with Crippen LogP contribution >= 0.6 is 0 Å². The van der Waals surface area contributed by atoms with Crippen molar-refractivity contribution in [2.24, 2.45) is 5.84 Å². The summed E-state index contributed by atoms with van der Waals surface area (Å²) >= 11 is 0. The third-order valence-electron chi connectivity index (χ3n) is 1.55. The molecule has 0 fully saturated rings. The van der Waals surface area contributed by atoms with Crippen LogP contribution in [0.3, 0.4) is 0 Å². The van der Waals surface area contributed by atoms with Gasteiger partial charge in [-0.25, -0.2) is 15.8 Å². The number of nitrogens with two attached hydrogens (primary N) is 1. The molecular formula is C6H5N7. The number of hydrazine groups is 1. The number of rotatable bonds is 1. The fraction of sp³-hybridized carbons (Fsp3) is 0. The largest absolute Gasteiger partial charge is 0.292 e. The lowest BCUT2D eigenvalue weighted by atomic mass is 10.4. The Morgan fingerprint density at radius 3 is 3.08 bits per heavy atom. The van der Waals surface area contributed by atoms with Crippen LogP contribution in [-0.4, -0.2) is 19.6 Å². The average Bonchev–Trinajstić information content (AvgIpc) is 2.60. The zero-order valence-corrected chi connectivity index (χ0v) is 6.47. The van der Waals surface area contributed by atoms with Crippen LogP contribution in [0.1, 0.15) is 5.56 Å². The van der Waals surface area contributed by atoms with Gasteiger partial charge in [0.25, 0.3) is 0 Å². The summed E-state index contributed by atoms with van der Waals surface area (Å²) in [7, 11) is 0. The van der Waals surface area contributed by atoms with Crippen LogP contribution in [0.4, 0.5) is 5.95 Å². The van der Waals surface area contributed by atoms with Gasteiger partial charge in [0.15, 0.2) is 5.65 Å². The number of nitrogens with one attached hydrogen (secondary N) is 1. The Bertz CT molecular complexity index is 479. The normalized spacial score (nSPS) is 9.85. The van der Waals surface area contributed by atoms with Gasteiger partial charge in [-0.2, -0.15) is 14.9 Å². The van der Waals surface area contributed by atoms with Gasteiger partial charge >= 0.3 is 0 Å². The second-order valence-corrected chi connectivity index (χ2v) is 2.25. The second kappa shape index (κ2) is 2.69. The van der Waals surface area contributed by atoms with Crippen molar-refractivity contribution < 1.29 is 0 Å². The van der Waals surface area contributed by atoms with Gasteiger partial charge < -0.3 is 0 Å². The minimum absolute atomic E-state index is 0.339. The smallest absolute Gasteiger partial charge is 0.241 e. The van der Waals surface area contributed by atoms with E-state index in [4.69, 9.17) is 11.1 Å². The van der Waals surface area contributed by atoms with Crippen LogP contribution in [-0.2, 0) is 0 Å². The van der Waals surface area contributed by atoms with E-state index >= 15 is 0 Å². The molecule has 2 aromatic rings. The van der Waals surface area contributed by atoms with E-state index in [0.717, 1.165) is 0 Å². The topological polar surface area (TPSA) is 105 Å². The molecule has 3 N–H and O–H groups in total. The standard InChI is InChI=1S/C6H5N7/c7-1-4-2-11-13-5(4)9-3-10-6(13)12-8/h2-3H,8H2,(H,9,10,12). The molecule has 0 atom stereocenters. The van der Waals surface area contributed by atoms with Gasteiger partial charge in [-0.05, 0) is 0 Å². The maximum absolute atomic E-state index is 8.67. The van der Waals surface area contributed by atoms with Crippen molar-refractivity contribution in [3.05, 3.63) is 18.1 Å². The Balaban J connectivity index is 2.81.